The Hall–Kier alpha value is -0.840. The van der Waals surface area contributed by atoms with E-state index < -0.39 is 0 Å². The molecule has 1 aromatic heterocycles. The van der Waals surface area contributed by atoms with Crippen molar-refractivity contribution >= 4 is 17.4 Å². The maximum atomic E-state index is 6.20. The van der Waals surface area contributed by atoms with E-state index in [0.29, 0.717) is 0 Å². The van der Waals surface area contributed by atoms with Crippen molar-refractivity contribution in [2.24, 2.45) is 0 Å². The predicted molar refractivity (Wildman–Crippen MR) is 76.2 cm³/mol. The summed E-state index contributed by atoms with van der Waals surface area (Å²) in [4.78, 5) is 9.41. The van der Waals surface area contributed by atoms with Crippen molar-refractivity contribution in [2.45, 2.75) is 13.5 Å². The van der Waals surface area contributed by atoms with E-state index in [9.17, 15) is 0 Å². The van der Waals surface area contributed by atoms with Gasteiger partial charge in [-0.05, 0) is 18.7 Å². The Labute approximate surface area is 114 Å². The van der Waals surface area contributed by atoms with Crippen LogP contribution >= 0.6 is 11.6 Å². The van der Waals surface area contributed by atoms with Crippen molar-refractivity contribution in [1.82, 2.24) is 14.8 Å². The van der Waals surface area contributed by atoms with Gasteiger partial charge in [0, 0.05) is 39.8 Å². The van der Waals surface area contributed by atoms with E-state index in [1.54, 1.807) is 0 Å². The van der Waals surface area contributed by atoms with Gasteiger partial charge in [0.05, 0.1) is 10.7 Å². The monoisotopic (exact) mass is 268 g/mol. The van der Waals surface area contributed by atoms with E-state index >= 15 is 0 Å². The summed E-state index contributed by atoms with van der Waals surface area (Å²) in [5.41, 5.74) is 0.966. The average molecular weight is 269 g/mol. The van der Waals surface area contributed by atoms with Crippen LogP contribution in [0.3, 0.4) is 0 Å². The van der Waals surface area contributed by atoms with Crippen LogP contribution in [0, 0.1) is 0 Å². The number of halogens is 1. The molecule has 1 aromatic rings. The summed E-state index contributed by atoms with van der Waals surface area (Å²) in [5, 5.41) is 3.81. The quantitative estimate of drug-likeness (QED) is 0.904. The van der Waals surface area contributed by atoms with Crippen LogP contribution in [0.1, 0.15) is 12.6 Å². The van der Waals surface area contributed by atoms with Crippen LogP contribution in [0.15, 0.2) is 12.1 Å². The number of rotatable bonds is 4. The van der Waals surface area contributed by atoms with Gasteiger partial charge < -0.3 is 10.2 Å². The van der Waals surface area contributed by atoms with Gasteiger partial charge in [0.2, 0.25) is 0 Å². The lowest BCUT2D eigenvalue weighted by molar-refractivity contribution is 0.131. The van der Waals surface area contributed by atoms with Gasteiger partial charge in [0.15, 0.2) is 0 Å². The van der Waals surface area contributed by atoms with Crippen LogP contribution in [0.2, 0.25) is 5.02 Å². The molecule has 0 aliphatic carbocycles. The molecule has 0 saturated carbocycles. The van der Waals surface area contributed by atoms with Crippen LogP contribution in [0.4, 0.5) is 5.82 Å². The molecule has 4 nitrogen and oxygen atoms in total. The molecule has 0 radical (unpaired) electrons. The van der Waals surface area contributed by atoms with Crippen LogP contribution in [-0.4, -0.2) is 54.6 Å². The number of likely N-dealkylation sites (N-methyl/N-ethyl adjacent to an activating group) is 1. The molecule has 18 heavy (non-hydrogen) atoms. The Morgan fingerprint density at radius 3 is 2.50 bits per heavy atom. The van der Waals surface area contributed by atoms with Crippen molar-refractivity contribution in [2.75, 3.05) is 45.1 Å². The molecule has 100 valence electrons. The lowest BCUT2D eigenvalue weighted by Gasteiger charge is -2.33. The van der Waals surface area contributed by atoms with Crippen molar-refractivity contribution in [3.8, 4) is 0 Å². The first kappa shape index (κ1) is 13.6. The highest BCUT2D eigenvalue weighted by molar-refractivity contribution is 6.31. The molecule has 1 saturated heterocycles. The topological polar surface area (TPSA) is 31.4 Å². The molecule has 0 atom stereocenters. The summed E-state index contributed by atoms with van der Waals surface area (Å²) in [6.07, 6.45) is 0. The molecule has 1 aliphatic rings. The van der Waals surface area contributed by atoms with E-state index in [2.05, 4.69) is 27.0 Å². The van der Waals surface area contributed by atoms with Crippen LogP contribution in [0.5, 0.6) is 0 Å². The zero-order chi connectivity index (χ0) is 13.0. The standard InChI is InChI=1S/C13H21ClN4/c1-3-17-6-8-18(9-7-17)10-12-11(14)4-5-13(15-2)16-12/h4-5H,3,6-10H2,1-2H3,(H,15,16). The first-order valence-corrected chi connectivity index (χ1v) is 6.88. The third-order valence-corrected chi connectivity index (χ3v) is 3.80. The van der Waals surface area contributed by atoms with Gasteiger partial charge in [-0.3, -0.25) is 4.90 Å². The Balaban J connectivity index is 1.97. The van der Waals surface area contributed by atoms with Crippen molar-refractivity contribution in [3.05, 3.63) is 22.8 Å². The number of piperazine rings is 1. The zero-order valence-corrected chi connectivity index (χ0v) is 11.9. The van der Waals surface area contributed by atoms with E-state index in [1.807, 2.05) is 19.2 Å². The largest absolute Gasteiger partial charge is 0.373 e. The van der Waals surface area contributed by atoms with Crippen LogP contribution < -0.4 is 5.32 Å². The first-order chi connectivity index (χ1) is 8.72. The summed E-state index contributed by atoms with van der Waals surface area (Å²) >= 11 is 6.20. The molecule has 0 aromatic carbocycles. The smallest absolute Gasteiger partial charge is 0.126 e. The molecule has 5 heteroatoms. The number of hydrogen-bond acceptors (Lipinski definition) is 4. The second-order valence-corrected chi connectivity index (χ2v) is 4.99. The maximum Gasteiger partial charge on any atom is 0.126 e. The fourth-order valence-electron chi connectivity index (χ4n) is 2.21. The fraction of sp³-hybridized carbons (Fsp3) is 0.615. The van der Waals surface area contributed by atoms with Crippen molar-refractivity contribution in [3.63, 3.8) is 0 Å². The maximum absolute atomic E-state index is 6.20. The summed E-state index contributed by atoms with van der Waals surface area (Å²) < 4.78 is 0. The van der Waals surface area contributed by atoms with E-state index in [-0.39, 0.29) is 0 Å². The molecule has 1 N–H and O–H groups in total. The van der Waals surface area contributed by atoms with Crippen LogP contribution in [-0.2, 0) is 6.54 Å². The van der Waals surface area contributed by atoms with Gasteiger partial charge in [0.1, 0.15) is 5.82 Å². The Morgan fingerprint density at radius 1 is 1.22 bits per heavy atom. The minimum absolute atomic E-state index is 0.756. The second kappa shape index (κ2) is 6.36. The highest BCUT2D eigenvalue weighted by Gasteiger charge is 2.17. The SMILES string of the molecule is CCN1CCN(Cc2nc(NC)ccc2Cl)CC1. The van der Waals surface area contributed by atoms with E-state index in [1.165, 1.54) is 0 Å². The van der Waals surface area contributed by atoms with Gasteiger partial charge in [-0.2, -0.15) is 0 Å². The Bertz CT molecular complexity index is 389. The number of nitrogens with one attached hydrogen (secondary N) is 1. The number of aromatic nitrogens is 1. The lowest BCUT2D eigenvalue weighted by atomic mass is 10.2. The first-order valence-electron chi connectivity index (χ1n) is 6.50. The third kappa shape index (κ3) is 3.34. The minimum atomic E-state index is 0.756. The van der Waals surface area contributed by atoms with Crippen molar-refractivity contribution < 1.29 is 0 Å². The molecule has 1 aliphatic heterocycles. The van der Waals surface area contributed by atoms with Gasteiger partial charge in [-0.25, -0.2) is 4.98 Å². The Kier molecular flexibility index (Phi) is 4.80. The molecule has 0 spiro atoms. The highest BCUT2D eigenvalue weighted by atomic mass is 35.5. The minimum Gasteiger partial charge on any atom is -0.373 e. The summed E-state index contributed by atoms with van der Waals surface area (Å²) in [6, 6.07) is 3.82. The average Bonchev–Trinajstić information content (AvgIpc) is 2.42. The molecule has 1 fully saturated rings. The number of anilines is 1. The van der Waals surface area contributed by atoms with Gasteiger partial charge in [-0.1, -0.05) is 18.5 Å². The molecule has 0 amide bonds. The Morgan fingerprint density at radius 2 is 1.89 bits per heavy atom. The molecular weight excluding hydrogens is 248 g/mol. The number of nitrogens with zero attached hydrogens (tertiary/aromatic N) is 3. The normalized spacial score (nSPS) is 17.9. The van der Waals surface area contributed by atoms with E-state index in [0.717, 1.165) is 55.8 Å². The molecule has 0 bridgehead atoms. The summed E-state index contributed by atoms with van der Waals surface area (Å²) in [6.45, 7) is 8.66. The predicted octanol–water partition coefficient (Wildman–Crippen LogP) is 1.91. The van der Waals surface area contributed by atoms with Gasteiger partial charge in [-0.15, -0.1) is 0 Å². The number of pyridine rings is 1. The molecule has 0 unspecified atom stereocenters. The van der Waals surface area contributed by atoms with Gasteiger partial charge >= 0.3 is 0 Å². The molecular formula is C13H21ClN4. The molecule has 2 heterocycles. The zero-order valence-electron chi connectivity index (χ0n) is 11.1. The number of hydrogen-bond donors (Lipinski definition) is 1. The summed E-state index contributed by atoms with van der Waals surface area (Å²) in [5.74, 6) is 0.876. The van der Waals surface area contributed by atoms with Gasteiger partial charge in [0.25, 0.3) is 0 Å². The van der Waals surface area contributed by atoms with Crippen LogP contribution in [0.25, 0.3) is 0 Å². The lowest BCUT2D eigenvalue weighted by Crippen LogP contribution is -2.45. The summed E-state index contributed by atoms with van der Waals surface area (Å²) in [7, 11) is 1.88. The van der Waals surface area contributed by atoms with E-state index in [4.69, 9.17) is 11.6 Å². The fourth-order valence-corrected chi connectivity index (χ4v) is 2.37. The third-order valence-electron chi connectivity index (χ3n) is 3.46. The molecule has 2 rings (SSSR count). The highest BCUT2D eigenvalue weighted by Crippen LogP contribution is 2.18. The second-order valence-electron chi connectivity index (χ2n) is 4.59. The van der Waals surface area contributed by atoms with Crippen molar-refractivity contribution in [1.29, 1.82) is 0 Å².